The van der Waals surface area contributed by atoms with Gasteiger partial charge in [0.25, 0.3) is 5.91 Å². The molecule has 3 rings (SSSR count). The fourth-order valence-corrected chi connectivity index (χ4v) is 3.69. The highest BCUT2D eigenvalue weighted by molar-refractivity contribution is 9.10. The molecule has 0 saturated carbocycles. The van der Waals surface area contributed by atoms with Crippen molar-refractivity contribution in [1.82, 2.24) is 0 Å². The van der Waals surface area contributed by atoms with Crippen molar-refractivity contribution in [3.8, 4) is 17.6 Å². The summed E-state index contributed by atoms with van der Waals surface area (Å²) in [6.45, 7) is 2.49. The maximum absolute atomic E-state index is 12.6. The van der Waals surface area contributed by atoms with E-state index in [4.69, 9.17) is 32.7 Å². The van der Waals surface area contributed by atoms with Gasteiger partial charge < -0.3 is 14.8 Å². The predicted molar refractivity (Wildman–Crippen MR) is 135 cm³/mol. The molecule has 8 heteroatoms. The molecule has 33 heavy (non-hydrogen) atoms. The summed E-state index contributed by atoms with van der Waals surface area (Å²) < 4.78 is 12.4. The third kappa shape index (κ3) is 7.00. The molecule has 3 aromatic rings. The predicted octanol–water partition coefficient (Wildman–Crippen LogP) is 7.28. The van der Waals surface area contributed by atoms with Crippen molar-refractivity contribution in [3.63, 3.8) is 0 Å². The Morgan fingerprint density at radius 1 is 1.12 bits per heavy atom. The number of rotatable bonds is 8. The van der Waals surface area contributed by atoms with Crippen LogP contribution >= 0.6 is 39.1 Å². The Morgan fingerprint density at radius 2 is 1.88 bits per heavy atom. The van der Waals surface area contributed by atoms with Crippen molar-refractivity contribution in [3.05, 3.63) is 91.9 Å². The minimum atomic E-state index is -0.534. The van der Waals surface area contributed by atoms with Gasteiger partial charge in [-0.2, -0.15) is 5.26 Å². The zero-order valence-electron chi connectivity index (χ0n) is 17.6. The minimum absolute atomic E-state index is 0.0803. The van der Waals surface area contributed by atoms with Gasteiger partial charge in [0.2, 0.25) is 0 Å². The van der Waals surface area contributed by atoms with Crippen LogP contribution in [0.15, 0.2) is 70.7 Å². The van der Waals surface area contributed by atoms with Gasteiger partial charge in [0.15, 0.2) is 11.5 Å². The van der Waals surface area contributed by atoms with Gasteiger partial charge in [-0.15, -0.1) is 0 Å². The summed E-state index contributed by atoms with van der Waals surface area (Å²) in [6.07, 6.45) is 1.45. The van der Waals surface area contributed by atoms with Gasteiger partial charge >= 0.3 is 0 Å². The molecular formula is C25H19BrCl2N2O3. The van der Waals surface area contributed by atoms with Crippen molar-refractivity contribution < 1.29 is 14.3 Å². The highest BCUT2D eigenvalue weighted by Crippen LogP contribution is 2.38. The number of carbonyl (C=O) groups is 1. The van der Waals surface area contributed by atoms with Crippen LogP contribution in [0.2, 0.25) is 10.0 Å². The van der Waals surface area contributed by atoms with Crippen LogP contribution in [0.4, 0.5) is 5.69 Å². The molecule has 0 aromatic heterocycles. The fraction of sp³-hybridized carbons (Fsp3) is 0.120. The molecule has 0 unspecified atom stereocenters. The van der Waals surface area contributed by atoms with Gasteiger partial charge in [-0.3, -0.25) is 4.79 Å². The van der Waals surface area contributed by atoms with Gasteiger partial charge in [0.05, 0.1) is 11.6 Å². The van der Waals surface area contributed by atoms with Gasteiger partial charge in [0, 0.05) is 15.2 Å². The van der Waals surface area contributed by atoms with Crippen molar-refractivity contribution in [2.24, 2.45) is 0 Å². The number of nitrogens with one attached hydrogen (secondary N) is 1. The Hall–Kier alpha value is -2.98. The zero-order valence-corrected chi connectivity index (χ0v) is 20.7. The van der Waals surface area contributed by atoms with E-state index in [1.54, 1.807) is 42.5 Å². The Balaban J connectivity index is 1.84. The molecule has 0 radical (unpaired) electrons. The maximum atomic E-state index is 12.6. The van der Waals surface area contributed by atoms with E-state index in [-0.39, 0.29) is 12.2 Å². The second-order valence-electron chi connectivity index (χ2n) is 6.81. The summed E-state index contributed by atoms with van der Waals surface area (Å²) in [5.74, 6) is 0.255. The molecular weight excluding hydrogens is 527 g/mol. The molecule has 3 aromatic carbocycles. The number of nitrogens with zero attached hydrogens (tertiary/aromatic N) is 1. The normalized spacial score (nSPS) is 10.9. The lowest BCUT2D eigenvalue weighted by atomic mass is 10.1. The summed E-state index contributed by atoms with van der Waals surface area (Å²) in [5.41, 5.74) is 1.93. The summed E-state index contributed by atoms with van der Waals surface area (Å²) in [4.78, 5) is 12.6. The van der Waals surface area contributed by atoms with E-state index < -0.39 is 5.91 Å². The summed E-state index contributed by atoms with van der Waals surface area (Å²) >= 11 is 15.7. The van der Waals surface area contributed by atoms with Crippen LogP contribution in [0.25, 0.3) is 6.08 Å². The monoisotopic (exact) mass is 544 g/mol. The molecule has 0 saturated heterocycles. The number of anilines is 1. The summed E-state index contributed by atoms with van der Waals surface area (Å²) in [7, 11) is 0. The van der Waals surface area contributed by atoms with E-state index in [0.717, 1.165) is 10.0 Å². The Bertz CT molecular complexity index is 1220. The third-order valence-electron chi connectivity index (χ3n) is 4.39. The Labute approximate surface area is 210 Å². The molecule has 5 nitrogen and oxygen atoms in total. The highest BCUT2D eigenvalue weighted by atomic mass is 79.9. The molecule has 0 bridgehead atoms. The first-order valence-corrected chi connectivity index (χ1v) is 11.5. The number of ether oxygens (including phenoxy) is 2. The maximum Gasteiger partial charge on any atom is 0.266 e. The van der Waals surface area contributed by atoms with E-state index >= 15 is 0 Å². The smallest absolute Gasteiger partial charge is 0.266 e. The van der Waals surface area contributed by atoms with Crippen molar-refractivity contribution >= 4 is 56.8 Å². The molecule has 1 amide bonds. The van der Waals surface area contributed by atoms with Crippen molar-refractivity contribution in [2.45, 2.75) is 13.5 Å². The lowest BCUT2D eigenvalue weighted by Crippen LogP contribution is -2.13. The number of carbonyl (C=O) groups excluding carboxylic acids is 1. The van der Waals surface area contributed by atoms with E-state index in [1.807, 2.05) is 31.2 Å². The standard InChI is InChI=1S/C25H19BrCl2N2O3/c1-2-32-23-12-17(10-18(14-29)25(31)30-21-5-3-4-19(26)13-21)11-22(28)24(23)33-15-16-6-8-20(27)9-7-16/h3-13H,2,15H2,1H3,(H,30,31)/b18-10-. The molecule has 0 aliphatic rings. The van der Waals surface area contributed by atoms with E-state index in [1.165, 1.54) is 6.08 Å². The van der Waals surface area contributed by atoms with Crippen molar-refractivity contribution in [1.29, 1.82) is 5.26 Å². The average Bonchev–Trinajstić information content (AvgIpc) is 2.78. The molecule has 0 aliphatic carbocycles. The van der Waals surface area contributed by atoms with E-state index in [2.05, 4.69) is 21.2 Å². The van der Waals surface area contributed by atoms with Gasteiger partial charge in [0.1, 0.15) is 18.2 Å². The Morgan fingerprint density at radius 3 is 2.55 bits per heavy atom. The molecule has 0 atom stereocenters. The van der Waals surface area contributed by atoms with Crippen LogP contribution in [0.5, 0.6) is 11.5 Å². The van der Waals surface area contributed by atoms with E-state index in [9.17, 15) is 10.1 Å². The first-order valence-electron chi connectivity index (χ1n) is 9.92. The number of amides is 1. The zero-order chi connectivity index (χ0) is 23.8. The Kier molecular flexibility index (Phi) is 8.79. The second-order valence-corrected chi connectivity index (χ2v) is 8.57. The SMILES string of the molecule is CCOc1cc(/C=C(/C#N)C(=O)Nc2cccc(Br)c2)cc(Cl)c1OCc1ccc(Cl)cc1. The molecule has 0 spiro atoms. The number of nitriles is 1. The van der Waals surface area contributed by atoms with Crippen LogP contribution in [-0.4, -0.2) is 12.5 Å². The summed E-state index contributed by atoms with van der Waals surface area (Å²) in [6, 6.07) is 19.6. The first-order chi connectivity index (χ1) is 15.9. The topological polar surface area (TPSA) is 71.3 Å². The molecule has 0 fully saturated rings. The minimum Gasteiger partial charge on any atom is -0.490 e. The number of hydrogen-bond donors (Lipinski definition) is 1. The lowest BCUT2D eigenvalue weighted by Gasteiger charge is -2.15. The summed E-state index contributed by atoms with van der Waals surface area (Å²) in [5, 5.41) is 13.2. The number of halogens is 3. The van der Waals surface area contributed by atoms with Crippen LogP contribution < -0.4 is 14.8 Å². The van der Waals surface area contributed by atoms with Crippen LogP contribution in [-0.2, 0) is 11.4 Å². The average molecular weight is 546 g/mol. The molecule has 168 valence electrons. The largest absolute Gasteiger partial charge is 0.490 e. The second kappa shape index (κ2) is 11.8. The van der Waals surface area contributed by atoms with Crippen molar-refractivity contribution in [2.75, 3.05) is 11.9 Å². The van der Waals surface area contributed by atoms with Crippen LogP contribution in [0.1, 0.15) is 18.1 Å². The quantitative estimate of drug-likeness (QED) is 0.238. The van der Waals surface area contributed by atoms with Crippen LogP contribution in [0.3, 0.4) is 0 Å². The third-order valence-corrected chi connectivity index (χ3v) is 5.41. The van der Waals surface area contributed by atoms with Gasteiger partial charge in [-0.05, 0) is 66.6 Å². The van der Waals surface area contributed by atoms with Crippen LogP contribution in [0, 0.1) is 11.3 Å². The number of hydrogen-bond acceptors (Lipinski definition) is 4. The number of benzene rings is 3. The highest BCUT2D eigenvalue weighted by Gasteiger charge is 2.15. The first kappa shape index (κ1) is 24.7. The van der Waals surface area contributed by atoms with E-state index in [0.29, 0.717) is 39.4 Å². The molecule has 0 heterocycles. The molecule has 1 N–H and O–H groups in total. The lowest BCUT2D eigenvalue weighted by molar-refractivity contribution is -0.112. The van der Waals surface area contributed by atoms with Gasteiger partial charge in [-0.1, -0.05) is 57.3 Å². The molecule has 0 aliphatic heterocycles. The van der Waals surface area contributed by atoms with Gasteiger partial charge in [-0.25, -0.2) is 0 Å². The fourth-order valence-electron chi connectivity index (χ4n) is 2.89.